The molecule has 1 rings (SSSR count). The van der Waals surface area contributed by atoms with E-state index in [-0.39, 0.29) is 0 Å². The van der Waals surface area contributed by atoms with Crippen LogP contribution in [0.1, 0.15) is 24.2 Å². The molecular formula is C11H13BrO3. The number of carbonyl (C=O) groups excluding carboxylic acids is 1. The van der Waals surface area contributed by atoms with Gasteiger partial charge in [-0.25, -0.2) is 4.79 Å². The second kappa shape index (κ2) is 5.28. The third-order valence-electron chi connectivity index (χ3n) is 2.13. The van der Waals surface area contributed by atoms with Crippen LogP contribution in [0.3, 0.4) is 0 Å². The minimum atomic E-state index is -1.21. The van der Waals surface area contributed by atoms with Crippen LogP contribution in [0.25, 0.3) is 0 Å². The van der Waals surface area contributed by atoms with E-state index in [9.17, 15) is 9.90 Å². The van der Waals surface area contributed by atoms with E-state index in [0.717, 1.165) is 16.5 Å². The molecule has 0 bridgehead atoms. The molecule has 0 saturated carbocycles. The molecule has 3 nitrogen and oxygen atoms in total. The lowest BCUT2D eigenvalue weighted by Crippen LogP contribution is -2.13. The fourth-order valence-electron chi connectivity index (χ4n) is 1.29. The maximum atomic E-state index is 11.1. The Hall–Kier alpha value is -0.870. The van der Waals surface area contributed by atoms with Crippen molar-refractivity contribution in [3.8, 4) is 0 Å². The number of hydrogen-bond donors (Lipinski definition) is 1. The van der Waals surface area contributed by atoms with Crippen LogP contribution in [0.2, 0.25) is 0 Å². The third-order valence-corrected chi connectivity index (χ3v) is 2.59. The summed E-state index contributed by atoms with van der Waals surface area (Å²) in [6.45, 7) is 2.01. The number of aliphatic hydroxyl groups excluding tert-OH is 1. The molecule has 1 unspecified atom stereocenters. The number of benzene rings is 1. The molecule has 15 heavy (non-hydrogen) atoms. The normalized spacial score (nSPS) is 12.3. The zero-order valence-corrected chi connectivity index (χ0v) is 10.2. The lowest BCUT2D eigenvalue weighted by atomic mass is 10.0. The number of rotatable bonds is 3. The summed E-state index contributed by atoms with van der Waals surface area (Å²) >= 11 is 3.33. The quantitative estimate of drug-likeness (QED) is 0.859. The Morgan fingerprint density at radius 1 is 1.53 bits per heavy atom. The number of aryl methyl sites for hydroxylation is 1. The van der Waals surface area contributed by atoms with E-state index in [1.54, 1.807) is 12.1 Å². The van der Waals surface area contributed by atoms with Gasteiger partial charge in [0, 0.05) is 4.47 Å². The van der Waals surface area contributed by atoms with E-state index in [1.807, 2.05) is 13.0 Å². The molecule has 0 saturated heterocycles. The van der Waals surface area contributed by atoms with Gasteiger partial charge in [0.05, 0.1) is 7.11 Å². The van der Waals surface area contributed by atoms with Gasteiger partial charge in [-0.2, -0.15) is 0 Å². The highest BCUT2D eigenvalue weighted by Gasteiger charge is 2.18. The summed E-state index contributed by atoms with van der Waals surface area (Å²) in [5.74, 6) is -0.643. The molecule has 0 amide bonds. The second-order valence-corrected chi connectivity index (χ2v) is 4.09. The van der Waals surface area contributed by atoms with Gasteiger partial charge >= 0.3 is 5.97 Å². The SMILES string of the molecule is CCc1cc(Br)cc(C(O)C(=O)OC)c1. The topological polar surface area (TPSA) is 46.5 Å². The van der Waals surface area contributed by atoms with Crippen molar-refractivity contribution in [2.45, 2.75) is 19.4 Å². The van der Waals surface area contributed by atoms with E-state index >= 15 is 0 Å². The van der Waals surface area contributed by atoms with E-state index in [4.69, 9.17) is 0 Å². The Labute approximate surface area is 97.2 Å². The van der Waals surface area contributed by atoms with Crippen molar-refractivity contribution in [2.75, 3.05) is 7.11 Å². The Kier molecular flexibility index (Phi) is 4.29. The number of hydrogen-bond acceptors (Lipinski definition) is 3. The first-order valence-corrected chi connectivity index (χ1v) is 5.43. The van der Waals surface area contributed by atoms with Crippen molar-refractivity contribution in [3.05, 3.63) is 33.8 Å². The number of halogens is 1. The summed E-state index contributed by atoms with van der Waals surface area (Å²) < 4.78 is 5.32. The summed E-state index contributed by atoms with van der Waals surface area (Å²) in [6.07, 6.45) is -0.363. The fourth-order valence-corrected chi connectivity index (χ4v) is 1.84. The Balaban J connectivity index is 3.03. The summed E-state index contributed by atoms with van der Waals surface area (Å²) in [5.41, 5.74) is 1.61. The summed E-state index contributed by atoms with van der Waals surface area (Å²) in [5, 5.41) is 9.64. The van der Waals surface area contributed by atoms with Gasteiger partial charge in [0.25, 0.3) is 0 Å². The maximum Gasteiger partial charge on any atom is 0.339 e. The van der Waals surface area contributed by atoms with E-state index in [1.165, 1.54) is 7.11 Å². The minimum absolute atomic E-state index is 0.549. The highest BCUT2D eigenvalue weighted by atomic mass is 79.9. The van der Waals surface area contributed by atoms with Crippen LogP contribution >= 0.6 is 15.9 Å². The molecule has 1 N–H and O–H groups in total. The summed E-state index contributed by atoms with van der Waals surface area (Å²) in [7, 11) is 1.25. The Morgan fingerprint density at radius 2 is 2.20 bits per heavy atom. The van der Waals surface area contributed by atoms with Crippen molar-refractivity contribution < 1.29 is 14.6 Å². The Morgan fingerprint density at radius 3 is 2.73 bits per heavy atom. The van der Waals surface area contributed by atoms with Gasteiger partial charge in [0.1, 0.15) is 0 Å². The van der Waals surface area contributed by atoms with Crippen LogP contribution in [0.4, 0.5) is 0 Å². The zero-order chi connectivity index (χ0) is 11.4. The molecule has 0 aromatic heterocycles. The van der Waals surface area contributed by atoms with Gasteiger partial charge in [-0.3, -0.25) is 0 Å². The number of carbonyl (C=O) groups is 1. The van der Waals surface area contributed by atoms with Crippen LogP contribution in [0, 0.1) is 0 Å². The Bertz CT molecular complexity index is 363. The molecule has 0 aliphatic rings. The van der Waals surface area contributed by atoms with Crippen LogP contribution in [-0.2, 0) is 16.0 Å². The number of esters is 1. The summed E-state index contributed by atoms with van der Waals surface area (Å²) in [4.78, 5) is 11.1. The van der Waals surface area contributed by atoms with Crippen molar-refractivity contribution >= 4 is 21.9 Å². The number of aliphatic hydroxyl groups is 1. The molecule has 0 aliphatic carbocycles. The van der Waals surface area contributed by atoms with Crippen molar-refractivity contribution in [1.29, 1.82) is 0 Å². The molecule has 0 radical (unpaired) electrons. The van der Waals surface area contributed by atoms with E-state index in [0.29, 0.717) is 5.56 Å². The minimum Gasteiger partial charge on any atom is -0.467 e. The molecular weight excluding hydrogens is 260 g/mol. The van der Waals surface area contributed by atoms with E-state index in [2.05, 4.69) is 20.7 Å². The van der Waals surface area contributed by atoms with Crippen LogP contribution in [0.15, 0.2) is 22.7 Å². The number of ether oxygens (including phenoxy) is 1. The van der Waals surface area contributed by atoms with Crippen molar-refractivity contribution in [1.82, 2.24) is 0 Å². The highest BCUT2D eigenvalue weighted by Crippen LogP contribution is 2.22. The van der Waals surface area contributed by atoms with Crippen LogP contribution in [-0.4, -0.2) is 18.2 Å². The lowest BCUT2D eigenvalue weighted by molar-refractivity contribution is -0.150. The molecule has 0 fully saturated rings. The molecule has 1 aromatic carbocycles. The van der Waals surface area contributed by atoms with E-state index < -0.39 is 12.1 Å². The predicted molar refractivity (Wildman–Crippen MR) is 60.5 cm³/mol. The first-order valence-electron chi connectivity index (χ1n) is 4.63. The largest absolute Gasteiger partial charge is 0.467 e. The second-order valence-electron chi connectivity index (χ2n) is 3.17. The molecule has 1 atom stereocenters. The smallest absolute Gasteiger partial charge is 0.339 e. The lowest BCUT2D eigenvalue weighted by Gasteiger charge is -2.10. The van der Waals surface area contributed by atoms with Crippen molar-refractivity contribution in [2.24, 2.45) is 0 Å². The monoisotopic (exact) mass is 272 g/mol. The maximum absolute atomic E-state index is 11.1. The molecule has 1 aromatic rings. The van der Waals surface area contributed by atoms with Gasteiger partial charge < -0.3 is 9.84 Å². The zero-order valence-electron chi connectivity index (χ0n) is 8.66. The standard InChI is InChI=1S/C11H13BrO3/c1-3-7-4-8(6-9(12)5-7)10(13)11(14)15-2/h4-6,10,13H,3H2,1-2H3. The van der Waals surface area contributed by atoms with Gasteiger partial charge in [-0.15, -0.1) is 0 Å². The molecule has 82 valence electrons. The predicted octanol–water partition coefficient (Wildman–Crippen LogP) is 2.22. The molecule has 4 heteroatoms. The van der Waals surface area contributed by atoms with Gasteiger partial charge in [-0.1, -0.05) is 28.9 Å². The molecule has 0 aliphatic heterocycles. The molecule has 0 spiro atoms. The van der Waals surface area contributed by atoms with Gasteiger partial charge in [0.2, 0.25) is 0 Å². The van der Waals surface area contributed by atoms with Gasteiger partial charge in [0.15, 0.2) is 6.10 Å². The average molecular weight is 273 g/mol. The molecule has 0 heterocycles. The summed E-state index contributed by atoms with van der Waals surface area (Å²) in [6, 6.07) is 5.46. The fraction of sp³-hybridized carbons (Fsp3) is 0.364. The van der Waals surface area contributed by atoms with Crippen molar-refractivity contribution in [3.63, 3.8) is 0 Å². The first kappa shape index (κ1) is 12.2. The number of methoxy groups -OCH3 is 1. The first-order chi connectivity index (χ1) is 7.08. The van der Waals surface area contributed by atoms with Crippen LogP contribution in [0.5, 0.6) is 0 Å². The highest BCUT2D eigenvalue weighted by molar-refractivity contribution is 9.10. The third kappa shape index (κ3) is 3.04. The van der Waals surface area contributed by atoms with Gasteiger partial charge in [-0.05, 0) is 29.7 Å². The average Bonchev–Trinajstić information content (AvgIpc) is 2.26. The van der Waals surface area contributed by atoms with Crippen LogP contribution < -0.4 is 0 Å².